The van der Waals surface area contributed by atoms with Gasteiger partial charge in [-0.1, -0.05) is 28.1 Å². The molecule has 0 unspecified atom stereocenters. The number of aryl methyl sites for hydroxylation is 1. The molecular formula is C10H12BrN. The summed E-state index contributed by atoms with van der Waals surface area (Å²) in [6, 6.07) is 6.58. The van der Waals surface area contributed by atoms with E-state index in [1.54, 1.807) is 0 Å². The summed E-state index contributed by atoms with van der Waals surface area (Å²) < 4.78 is 1.17. The van der Waals surface area contributed by atoms with Gasteiger partial charge in [0.15, 0.2) is 0 Å². The van der Waals surface area contributed by atoms with Crippen molar-refractivity contribution in [2.75, 3.05) is 0 Å². The number of hydrogen-bond acceptors (Lipinski definition) is 1. The lowest BCUT2D eigenvalue weighted by Gasteiger charge is -2.23. The largest absolute Gasteiger partial charge is 0.324 e. The van der Waals surface area contributed by atoms with Gasteiger partial charge in [-0.25, -0.2) is 0 Å². The molecule has 0 aromatic heterocycles. The molecule has 0 aliphatic heterocycles. The van der Waals surface area contributed by atoms with Crippen LogP contribution in [0.2, 0.25) is 0 Å². The lowest BCUT2D eigenvalue weighted by atomic mass is 9.88. The van der Waals surface area contributed by atoms with Gasteiger partial charge in [0.1, 0.15) is 0 Å². The second-order valence-corrected chi connectivity index (χ2v) is 4.17. The molecule has 64 valence electrons. The third-order valence-electron chi connectivity index (χ3n) is 2.48. The maximum absolute atomic E-state index is 6.02. The van der Waals surface area contributed by atoms with Crippen LogP contribution in [0.5, 0.6) is 0 Å². The summed E-state index contributed by atoms with van der Waals surface area (Å²) in [5.41, 5.74) is 8.76. The Morgan fingerprint density at radius 2 is 2.25 bits per heavy atom. The molecule has 0 bridgehead atoms. The van der Waals surface area contributed by atoms with E-state index in [9.17, 15) is 0 Å². The van der Waals surface area contributed by atoms with Crippen LogP contribution in [0.3, 0.4) is 0 Å². The average Bonchev–Trinajstić information content (AvgIpc) is 2.04. The van der Waals surface area contributed by atoms with Gasteiger partial charge in [0, 0.05) is 10.5 Å². The molecule has 1 aliphatic rings. The van der Waals surface area contributed by atoms with Gasteiger partial charge >= 0.3 is 0 Å². The lowest BCUT2D eigenvalue weighted by molar-refractivity contribution is 0.568. The molecule has 0 heterocycles. The summed E-state index contributed by atoms with van der Waals surface area (Å²) in [6.45, 7) is 0. The number of halogens is 1. The highest BCUT2D eigenvalue weighted by Crippen LogP contribution is 2.33. The fraction of sp³-hybridized carbons (Fsp3) is 0.400. The van der Waals surface area contributed by atoms with Crippen molar-refractivity contribution in [1.82, 2.24) is 0 Å². The summed E-state index contributed by atoms with van der Waals surface area (Å²) >= 11 is 3.54. The minimum Gasteiger partial charge on any atom is -0.324 e. The van der Waals surface area contributed by atoms with Crippen LogP contribution < -0.4 is 5.73 Å². The van der Waals surface area contributed by atoms with Crippen LogP contribution in [0, 0.1) is 0 Å². The van der Waals surface area contributed by atoms with Crippen LogP contribution in [0.4, 0.5) is 0 Å². The summed E-state index contributed by atoms with van der Waals surface area (Å²) in [4.78, 5) is 0. The molecule has 2 N–H and O–H groups in total. The van der Waals surface area contributed by atoms with E-state index in [1.807, 2.05) is 0 Å². The third kappa shape index (κ3) is 1.29. The topological polar surface area (TPSA) is 26.0 Å². The van der Waals surface area contributed by atoms with Crippen LogP contribution in [0.15, 0.2) is 22.7 Å². The molecular weight excluding hydrogens is 214 g/mol. The second kappa shape index (κ2) is 3.19. The van der Waals surface area contributed by atoms with Crippen molar-refractivity contribution < 1.29 is 0 Å². The van der Waals surface area contributed by atoms with E-state index in [0.29, 0.717) is 0 Å². The number of hydrogen-bond donors (Lipinski definition) is 1. The van der Waals surface area contributed by atoms with Crippen molar-refractivity contribution in [3.05, 3.63) is 33.8 Å². The maximum Gasteiger partial charge on any atom is 0.0308 e. The standard InChI is InChI=1S/C10H12BrN/c11-8-5-1-3-7-4-2-6-9(12)10(7)8/h1,3,5,9H,2,4,6,12H2/t9-/m1/s1. The van der Waals surface area contributed by atoms with Gasteiger partial charge in [0.2, 0.25) is 0 Å². The highest BCUT2D eigenvalue weighted by molar-refractivity contribution is 9.10. The summed E-state index contributed by atoms with van der Waals surface area (Å²) in [5.74, 6) is 0. The smallest absolute Gasteiger partial charge is 0.0308 e. The van der Waals surface area contributed by atoms with Gasteiger partial charge < -0.3 is 5.73 Å². The highest BCUT2D eigenvalue weighted by Gasteiger charge is 2.18. The van der Waals surface area contributed by atoms with Crippen molar-refractivity contribution in [2.24, 2.45) is 5.73 Å². The molecule has 1 aromatic rings. The van der Waals surface area contributed by atoms with E-state index in [-0.39, 0.29) is 6.04 Å². The normalized spacial score (nSPS) is 22.0. The van der Waals surface area contributed by atoms with Gasteiger partial charge in [0.25, 0.3) is 0 Å². The molecule has 1 nitrogen and oxygen atoms in total. The molecule has 0 spiro atoms. The molecule has 0 fully saturated rings. The van der Waals surface area contributed by atoms with Crippen LogP contribution in [-0.4, -0.2) is 0 Å². The Bertz CT molecular complexity index is 296. The molecule has 2 rings (SSSR count). The van der Waals surface area contributed by atoms with Crippen LogP contribution in [-0.2, 0) is 6.42 Å². The Kier molecular flexibility index (Phi) is 2.20. The zero-order valence-electron chi connectivity index (χ0n) is 6.89. The Labute approximate surface area is 81.1 Å². The predicted molar refractivity (Wildman–Crippen MR) is 54.0 cm³/mol. The van der Waals surface area contributed by atoms with E-state index >= 15 is 0 Å². The summed E-state index contributed by atoms with van der Waals surface area (Å²) in [6.07, 6.45) is 3.53. The van der Waals surface area contributed by atoms with Gasteiger partial charge in [-0.3, -0.25) is 0 Å². The zero-order valence-corrected chi connectivity index (χ0v) is 8.47. The van der Waals surface area contributed by atoms with Gasteiger partial charge in [-0.2, -0.15) is 0 Å². The Balaban J connectivity index is 2.53. The monoisotopic (exact) mass is 225 g/mol. The molecule has 0 radical (unpaired) electrons. The van der Waals surface area contributed by atoms with Crippen molar-refractivity contribution >= 4 is 15.9 Å². The van der Waals surface area contributed by atoms with Crippen molar-refractivity contribution in [2.45, 2.75) is 25.3 Å². The van der Waals surface area contributed by atoms with Crippen molar-refractivity contribution in [3.8, 4) is 0 Å². The number of nitrogens with two attached hydrogens (primary N) is 1. The Morgan fingerprint density at radius 3 is 3.00 bits per heavy atom. The zero-order chi connectivity index (χ0) is 8.55. The van der Waals surface area contributed by atoms with Crippen LogP contribution in [0.25, 0.3) is 0 Å². The first-order chi connectivity index (χ1) is 5.79. The number of fused-ring (bicyclic) bond motifs is 1. The first-order valence-electron chi connectivity index (χ1n) is 4.32. The Morgan fingerprint density at radius 1 is 1.42 bits per heavy atom. The van der Waals surface area contributed by atoms with Gasteiger partial charge in [-0.15, -0.1) is 0 Å². The van der Waals surface area contributed by atoms with Crippen molar-refractivity contribution in [1.29, 1.82) is 0 Å². The fourth-order valence-corrected chi connectivity index (χ4v) is 2.57. The van der Waals surface area contributed by atoms with Crippen LogP contribution in [0.1, 0.15) is 30.0 Å². The molecule has 1 atom stereocenters. The number of rotatable bonds is 0. The van der Waals surface area contributed by atoms with E-state index < -0.39 is 0 Å². The minimum atomic E-state index is 0.240. The quantitative estimate of drug-likeness (QED) is 0.723. The summed E-state index contributed by atoms with van der Waals surface area (Å²) in [7, 11) is 0. The lowest BCUT2D eigenvalue weighted by Crippen LogP contribution is -2.17. The second-order valence-electron chi connectivity index (χ2n) is 3.31. The summed E-state index contributed by atoms with van der Waals surface area (Å²) in [5, 5.41) is 0. The van der Waals surface area contributed by atoms with E-state index in [0.717, 1.165) is 6.42 Å². The molecule has 1 aliphatic carbocycles. The molecule has 0 amide bonds. The molecule has 2 heteroatoms. The minimum absolute atomic E-state index is 0.240. The average molecular weight is 226 g/mol. The fourth-order valence-electron chi connectivity index (χ4n) is 1.87. The predicted octanol–water partition coefficient (Wildman–Crippen LogP) is 2.79. The van der Waals surface area contributed by atoms with Gasteiger partial charge in [0.05, 0.1) is 0 Å². The maximum atomic E-state index is 6.02. The van der Waals surface area contributed by atoms with Crippen molar-refractivity contribution in [3.63, 3.8) is 0 Å². The SMILES string of the molecule is N[C@@H]1CCCc2cccc(Br)c21. The molecule has 1 aromatic carbocycles. The first kappa shape index (κ1) is 8.27. The van der Waals surface area contributed by atoms with E-state index in [4.69, 9.17) is 5.73 Å². The van der Waals surface area contributed by atoms with E-state index in [1.165, 1.54) is 28.4 Å². The number of benzene rings is 1. The van der Waals surface area contributed by atoms with Crippen LogP contribution >= 0.6 is 15.9 Å². The third-order valence-corrected chi connectivity index (χ3v) is 3.17. The Hall–Kier alpha value is -0.340. The molecule has 0 saturated heterocycles. The molecule has 0 saturated carbocycles. The highest BCUT2D eigenvalue weighted by atomic mass is 79.9. The molecule has 12 heavy (non-hydrogen) atoms. The van der Waals surface area contributed by atoms with E-state index in [2.05, 4.69) is 34.1 Å². The van der Waals surface area contributed by atoms with Gasteiger partial charge in [-0.05, 0) is 36.5 Å². The first-order valence-corrected chi connectivity index (χ1v) is 5.11.